The van der Waals surface area contributed by atoms with Crippen LogP contribution in [0.25, 0.3) is 11.4 Å². The predicted octanol–water partition coefficient (Wildman–Crippen LogP) is 2.56. The predicted molar refractivity (Wildman–Crippen MR) is 88.8 cm³/mol. The molecule has 3 rings (SSSR count). The average Bonchev–Trinajstić information content (AvgIpc) is 3.27. The summed E-state index contributed by atoms with van der Waals surface area (Å²) in [4.78, 5) is 31.3. The van der Waals surface area contributed by atoms with Gasteiger partial charge in [0.25, 0.3) is 5.91 Å². The molecule has 25 heavy (non-hydrogen) atoms. The Morgan fingerprint density at radius 3 is 2.64 bits per heavy atom. The summed E-state index contributed by atoms with van der Waals surface area (Å²) in [5.74, 6) is 0.458. The number of hydrogen-bond acceptors (Lipinski definition) is 6. The Hall–Kier alpha value is -3.42. The summed E-state index contributed by atoms with van der Waals surface area (Å²) in [5.41, 5.74) is 1.18. The van der Waals surface area contributed by atoms with Crippen molar-refractivity contribution in [3.05, 3.63) is 54.0 Å². The van der Waals surface area contributed by atoms with E-state index in [1.54, 1.807) is 49.6 Å². The summed E-state index contributed by atoms with van der Waals surface area (Å²) in [7, 11) is 0. The zero-order valence-electron chi connectivity index (χ0n) is 13.6. The normalized spacial score (nSPS) is 11.8. The lowest BCUT2D eigenvalue weighted by Gasteiger charge is -2.12. The van der Waals surface area contributed by atoms with E-state index in [1.165, 1.54) is 6.92 Å². The molecule has 2 aromatic heterocycles. The van der Waals surface area contributed by atoms with Gasteiger partial charge in [-0.15, -0.1) is 0 Å². The summed E-state index contributed by atoms with van der Waals surface area (Å²) < 4.78 is 10.0. The quantitative estimate of drug-likeness (QED) is 0.691. The van der Waals surface area contributed by atoms with Crippen LogP contribution in [0.4, 0.5) is 5.82 Å². The van der Waals surface area contributed by atoms with Crippen molar-refractivity contribution < 1.29 is 18.8 Å². The molecule has 0 aliphatic rings. The maximum absolute atomic E-state index is 12.2. The number of ether oxygens (including phenoxy) is 1. The topological polar surface area (TPSA) is 110 Å². The largest absolute Gasteiger partial charge is 0.449 e. The second kappa shape index (κ2) is 7.00. The second-order valence-electron chi connectivity index (χ2n) is 5.37. The Balaban J connectivity index is 1.60. The summed E-state index contributed by atoms with van der Waals surface area (Å²) in [5, 5.41) is 6.17. The molecule has 1 aromatic carbocycles. The highest BCUT2D eigenvalue weighted by atomic mass is 16.5. The summed E-state index contributed by atoms with van der Waals surface area (Å²) in [6.45, 7) is 3.19. The fraction of sp³-hybridized carbons (Fsp3) is 0.176. The summed E-state index contributed by atoms with van der Waals surface area (Å²) in [6.07, 6.45) is 2.39. The molecular formula is C17H16N4O4. The molecule has 0 aliphatic carbocycles. The van der Waals surface area contributed by atoms with Crippen LogP contribution in [0, 0.1) is 6.92 Å². The first kappa shape index (κ1) is 16.4. The molecule has 0 aliphatic heterocycles. The summed E-state index contributed by atoms with van der Waals surface area (Å²) >= 11 is 0. The molecule has 2 N–H and O–H groups in total. The molecule has 0 saturated carbocycles. The van der Waals surface area contributed by atoms with E-state index >= 15 is 0 Å². The molecule has 0 fully saturated rings. The zero-order chi connectivity index (χ0) is 17.8. The van der Waals surface area contributed by atoms with Crippen molar-refractivity contribution in [1.82, 2.24) is 15.1 Å². The van der Waals surface area contributed by atoms with Crippen molar-refractivity contribution in [2.75, 3.05) is 5.32 Å². The first-order valence-corrected chi connectivity index (χ1v) is 7.58. The van der Waals surface area contributed by atoms with E-state index in [4.69, 9.17) is 9.26 Å². The lowest BCUT2D eigenvalue weighted by molar-refractivity contribution is -0.123. The SMILES string of the molecule is Cc1cc(NC(=O)C(C)OC(=O)c2ccc(-c3ncc[nH]3)cc2)no1. The van der Waals surface area contributed by atoms with Crippen molar-refractivity contribution in [3.63, 3.8) is 0 Å². The number of imidazole rings is 1. The van der Waals surface area contributed by atoms with E-state index in [2.05, 4.69) is 20.4 Å². The fourth-order valence-corrected chi connectivity index (χ4v) is 2.12. The Labute approximate surface area is 143 Å². The molecular weight excluding hydrogens is 324 g/mol. The van der Waals surface area contributed by atoms with Gasteiger partial charge in [0, 0.05) is 24.0 Å². The van der Waals surface area contributed by atoms with E-state index in [9.17, 15) is 9.59 Å². The minimum Gasteiger partial charge on any atom is -0.449 e. The van der Waals surface area contributed by atoms with Crippen LogP contribution in [0.1, 0.15) is 23.0 Å². The number of anilines is 1. The van der Waals surface area contributed by atoms with Crippen molar-refractivity contribution in [2.45, 2.75) is 20.0 Å². The van der Waals surface area contributed by atoms with E-state index < -0.39 is 18.0 Å². The maximum atomic E-state index is 12.2. The summed E-state index contributed by atoms with van der Waals surface area (Å²) in [6, 6.07) is 8.30. The number of rotatable bonds is 5. The highest BCUT2D eigenvalue weighted by molar-refractivity contribution is 5.96. The van der Waals surface area contributed by atoms with Crippen molar-refractivity contribution in [2.24, 2.45) is 0 Å². The highest BCUT2D eigenvalue weighted by Gasteiger charge is 2.20. The van der Waals surface area contributed by atoms with Crippen LogP contribution in [0.3, 0.4) is 0 Å². The van der Waals surface area contributed by atoms with E-state index in [0.29, 0.717) is 17.1 Å². The maximum Gasteiger partial charge on any atom is 0.338 e. The molecule has 1 amide bonds. The Bertz CT molecular complexity index is 868. The van der Waals surface area contributed by atoms with Gasteiger partial charge < -0.3 is 19.6 Å². The molecule has 0 bridgehead atoms. The van der Waals surface area contributed by atoms with Crippen LogP contribution in [0.15, 0.2) is 47.2 Å². The number of hydrogen-bond donors (Lipinski definition) is 2. The Kier molecular flexibility index (Phi) is 4.60. The smallest absolute Gasteiger partial charge is 0.338 e. The third-order valence-electron chi connectivity index (χ3n) is 3.42. The Morgan fingerprint density at radius 1 is 1.28 bits per heavy atom. The average molecular weight is 340 g/mol. The van der Waals surface area contributed by atoms with Crippen LogP contribution in [0.5, 0.6) is 0 Å². The van der Waals surface area contributed by atoms with Crippen molar-refractivity contribution >= 4 is 17.7 Å². The molecule has 8 heteroatoms. The number of nitrogens with zero attached hydrogens (tertiary/aromatic N) is 2. The third-order valence-corrected chi connectivity index (χ3v) is 3.42. The van der Waals surface area contributed by atoms with Crippen molar-refractivity contribution in [3.8, 4) is 11.4 Å². The van der Waals surface area contributed by atoms with Gasteiger partial charge >= 0.3 is 5.97 Å². The lowest BCUT2D eigenvalue weighted by atomic mass is 10.1. The van der Waals surface area contributed by atoms with Gasteiger partial charge in [0.2, 0.25) is 0 Å². The molecule has 0 radical (unpaired) electrons. The minimum atomic E-state index is -0.978. The third kappa shape index (κ3) is 3.92. The number of esters is 1. The van der Waals surface area contributed by atoms with Gasteiger partial charge in [-0.3, -0.25) is 4.79 Å². The molecule has 0 saturated heterocycles. The van der Waals surface area contributed by atoms with Crippen LogP contribution in [-0.4, -0.2) is 33.1 Å². The standard InChI is InChI=1S/C17H16N4O4/c1-10-9-14(21-25-10)20-16(22)11(2)24-17(23)13-5-3-12(4-6-13)15-18-7-8-19-15/h3-9,11H,1-2H3,(H,18,19)(H,20,21,22). The first-order valence-electron chi connectivity index (χ1n) is 7.58. The number of aromatic amines is 1. The molecule has 128 valence electrons. The van der Waals surface area contributed by atoms with Gasteiger partial charge in [0.1, 0.15) is 11.6 Å². The highest BCUT2D eigenvalue weighted by Crippen LogP contribution is 2.16. The molecule has 1 unspecified atom stereocenters. The van der Waals surface area contributed by atoms with Crippen molar-refractivity contribution in [1.29, 1.82) is 0 Å². The van der Waals surface area contributed by atoms with Gasteiger partial charge in [0.05, 0.1) is 5.56 Å². The number of H-pyrrole nitrogens is 1. The fourth-order valence-electron chi connectivity index (χ4n) is 2.12. The second-order valence-corrected chi connectivity index (χ2v) is 5.37. The Morgan fingerprint density at radius 2 is 2.04 bits per heavy atom. The number of amides is 1. The van der Waals surface area contributed by atoms with E-state index in [0.717, 1.165) is 5.56 Å². The molecule has 3 aromatic rings. The monoisotopic (exact) mass is 340 g/mol. The molecule has 8 nitrogen and oxygen atoms in total. The zero-order valence-corrected chi connectivity index (χ0v) is 13.6. The van der Waals surface area contributed by atoms with Gasteiger partial charge in [-0.05, 0) is 26.0 Å². The lowest BCUT2D eigenvalue weighted by Crippen LogP contribution is -2.30. The van der Waals surface area contributed by atoms with Gasteiger partial charge in [-0.1, -0.05) is 17.3 Å². The minimum absolute atomic E-state index is 0.271. The number of benzene rings is 1. The number of nitrogens with one attached hydrogen (secondary N) is 2. The van der Waals surface area contributed by atoms with Crippen LogP contribution >= 0.6 is 0 Å². The first-order chi connectivity index (χ1) is 12.0. The van der Waals surface area contributed by atoms with Gasteiger partial charge in [-0.2, -0.15) is 0 Å². The number of aromatic nitrogens is 3. The molecule has 2 heterocycles. The van der Waals surface area contributed by atoms with Crippen LogP contribution in [0.2, 0.25) is 0 Å². The molecule has 0 spiro atoms. The number of carbonyl (C=O) groups excluding carboxylic acids is 2. The number of carbonyl (C=O) groups is 2. The molecule has 1 atom stereocenters. The van der Waals surface area contributed by atoms with Crippen LogP contribution in [-0.2, 0) is 9.53 Å². The van der Waals surface area contributed by atoms with Gasteiger partial charge in [0.15, 0.2) is 11.9 Å². The van der Waals surface area contributed by atoms with E-state index in [1.807, 2.05) is 0 Å². The van der Waals surface area contributed by atoms with Crippen LogP contribution < -0.4 is 5.32 Å². The number of aryl methyl sites for hydroxylation is 1. The van der Waals surface area contributed by atoms with E-state index in [-0.39, 0.29) is 5.82 Å². The van der Waals surface area contributed by atoms with Gasteiger partial charge in [-0.25, -0.2) is 9.78 Å².